The molecule has 7 nitrogen and oxygen atoms in total. The molecular weight excluding hydrogens is 415 g/mol. The normalized spacial score (nSPS) is 11.0. The van der Waals surface area contributed by atoms with Gasteiger partial charge in [-0.15, -0.1) is 0 Å². The molecule has 162 valence electrons. The van der Waals surface area contributed by atoms with Crippen LogP contribution in [0.4, 0.5) is 4.39 Å². The molecule has 32 heavy (non-hydrogen) atoms. The summed E-state index contributed by atoms with van der Waals surface area (Å²) in [6.45, 7) is 3.48. The zero-order valence-corrected chi connectivity index (χ0v) is 17.5. The van der Waals surface area contributed by atoms with Crippen molar-refractivity contribution < 1.29 is 23.8 Å². The van der Waals surface area contributed by atoms with Crippen LogP contribution in [-0.2, 0) is 0 Å². The van der Waals surface area contributed by atoms with E-state index >= 15 is 0 Å². The summed E-state index contributed by atoms with van der Waals surface area (Å²) in [4.78, 5) is 38.3. The Labute approximate surface area is 181 Å². The lowest BCUT2D eigenvalue weighted by atomic mass is 10.1. The number of aryl methyl sites for hydroxylation is 2. The Hall–Kier alpha value is -4.20. The highest BCUT2D eigenvalue weighted by molar-refractivity contribution is 6.05. The van der Waals surface area contributed by atoms with Crippen molar-refractivity contribution in [3.8, 4) is 11.4 Å². The number of hydrogen-bond donors (Lipinski definition) is 1. The van der Waals surface area contributed by atoms with Crippen LogP contribution < -0.4 is 10.4 Å². The van der Waals surface area contributed by atoms with E-state index in [0.717, 1.165) is 15.2 Å². The molecular formula is C24H19FN2O5. The summed E-state index contributed by atoms with van der Waals surface area (Å²) >= 11 is 0. The molecule has 0 spiro atoms. The first-order valence-corrected chi connectivity index (χ1v) is 9.71. The molecule has 0 unspecified atom stereocenters. The second kappa shape index (κ2) is 7.81. The Kier molecular flexibility index (Phi) is 5.14. The van der Waals surface area contributed by atoms with Gasteiger partial charge in [-0.2, -0.15) is 0 Å². The van der Waals surface area contributed by atoms with Crippen molar-refractivity contribution >= 4 is 22.9 Å². The van der Waals surface area contributed by atoms with Gasteiger partial charge in [-0.25, -0.2) is 18.5 Å². The van der Waals surface area contributed by atoms with Crippen LogP contribution in [0.5, 0.6) is 5.75 Å². The topological polar surface area (TPSA) is 90.5 Å². The van der Waals surface area contributed by atoms with Crippen molar-refractivity contribution in [1.29, 1.82) is 0 Å². The van der Waals surface area contributed by atoms with Gasteiger partial charge in [0, 0.05) is 0 Å². The minimum atomic E-state index is -1.29. The molecule has 0 atom stereocenters. The third kappa shape index (κ3) is 3.17. The molecule has 0 radical (unpaired) electrons. The van der Waals surface area contributed by atoms with E-state index in [4.69, 9.17) is 9.84 Å². The van der Waals surface area contributed by atoms with Crippen LogP contribution in [0.1, 0.15) is 31.8 Å². The maximum atomic E-state index is 14.9. The number of carbonyl (C=O) groups excluding carboxylic acids is 1. The first kappa shape index (κ1) is 21.0. The fourth-order valence-corrected chi connectivity index (χ4v) is 3.85. The number of para-hydroxylation sites is 1. The first-order chi connectivity index (χ1) is 15.3. The molecule has 0 amide bonds. The van der Waals surface area contributed by atoms with E-state index in [2.05, 4.69) is 0 Å². The fourth-order valence-electron chi connectivity index (χ4n) is 3.85. The van der Waals surface area contributed by atoms with E-state index in [-0.39, 0.29) is 16.8 Å². The molecule has 3 aromatic carbocycles. The summed E-state index contributed by atoms with van der Waals surface area (Å²) in [6, 6.07) is 13.4. The number of hydrogen-bond acceptors (Lipinski definition) is 4. The van der Waals surface area contributed by atoms with E-state index in [9.17, 15) is 18.8 Å². The molecule has 1 heterocycles. The molecule has 0 fully saturated rings. The van der Waals surface area contributed by atoms with Crippen molar-refractivity contribution in [3.05, 3.63) is 93.2 Å². The van der Waals surface area contributed by atoms with Crippen LogP contribution in [-0.4, -0.2) is 33.2 Å². The van der Waals surface area contributed by atoms with Gasteiger partial charge in [0.05, 0.1) is 35.0 Å². The molecule has 4 aromatic rings. The van der Waals surface area contributed by atoms with E-state index in [1.165, 1.54) is 19.2 Å². The van der Waals surface area contributed by atoms with Gasteiger partial charge in [0.15, 0.2) is 0 Å². The summed E-state index contributed by atoms with van der Waals surface area (Å²) < 4.78 is 22.3. The van der Waals surface area contributed by atoms with E-state index in [1.807, 2.05) is 0 Å². The van der Waals surface area contributed by atoms with Gasteiger partial charge in [0.1, 0.15) is 11.6 Å². The number of nitrogens with zero attached hydrogens (tertiary/aromatic N) is 2. The van der Waals surface area contributed by atoms with Crippen LogP contribution in [0.15, 0.2) is 59.4 Å². The number of carbonyl (C=O) groups is 2. The smallest absolute Gasteiger partial charge is 0.340 e. The fraction of sp³-hybridized carbons (Fsp3) is 0.125. The van der Waals surface area contributed by atoms with Gasteiger partial charge in [-0.3, -0.25) is 9.36 Å². The second-order valence-corrected chi connectivity index (χ2v) is 7.32. The van der Waals surface area contributed by atoms with Crippen molar-refractivity contribution in [1.82, 2.24) is 9.13 Å². The highest BCUT2D eigenvalue weighted by atomic mass is 19.1. The summed E-state index contributed by atoms with van der Waals surface area (Å²) in [5.74, 6) is -2.48. The molecule has 0 bridgehead atoms. The summed E-state index contributed by atoms with van der Waals surface area (Å²) in [7, 11) is 1.43. The summed E-state index contributed by atoms with van der Waals surface area (Å²) in [6.07, 6.45) is 0. The molecule has 0 aliphatic carbocycles. The van der Waals surface area contributed by atoms with E-state index < -0.39 is 23.4 Å². The molecule has 1 aromatic heterocycles. The number of rotatable bonds is 4. The van der Waals surface area contributed by atoms with E-state index in [1.54, 1.807) is 50.2 Å². The van der Waals surface area contributed by atoms with Crippen LogP contribution in [0.25, 0.3) is 16.7 Å². The monoisotopic (exact) mass is 434 g/mol. The average Bonchev–Trinajstić information content (AvgIpc) is 3.06. The molecule has 4 rings (SSSR count). The lowest BCUT2D eigenvalue weighted by Gasteiger charge is -2.11. The lowest BCUT2D eigenvalue weighted by molar-refractivity contribution is 0.0696. The van der Waals surface area contributed by atoms with Crippen LogP contribution in [0.2, 0.25) is 0 Å². The van der Waals surface area contributed by atoms with Gasteiger partial charge in [-0.05, 0) is 55.3 Å². The van der Waals surface area contributed by atoms with Crippen LogP contribution >= 0.6 is 0 Å². The molecule has 1 N–H and O–H groups in total. The van der Waals surface area contributed by atoms with Crippen LogP contribution in [0, 0.1) is 19.7 Å². The zero-order valence-electron chi connectivity index (χ0n) is 17.5. The minimum absolute atomic E-state index is 0.154. The molecule has 0 aliphatic heterocycles. The maximum Gasteiger partial charge on any atom is 0.340 e. The Balaban J connectivity index is 2.06. The van der Waals surface area contributed by atoms with Gasteiger partial charge in [-0.1, -0.05) is 24.3 Å². The van der Waals surface area contributed by atoms with Gasteiger partial charge < -0.3 is 9.84 Å². The lowest BCUT2D eigenvalue weighted by Crippen LogP contribution is -2.30. The molecule has 0 saturated heterocycles. The molecule has 0 saturated carbocycles. The Morgan fingerprint density at radius 1 is 1.00 bits per heavy atom. The number of fused-ring (bicyclic) bond motifs is 1. The second-order valence-electron chi connectivity index (χ2n) is 7.32. The summed E-state index contributed by atoms with van der Waals surface area (Å²) in [5.41, 5.74) is 0.952. The Morgan fingerprint density at radius 3 is 2.34 bits per heavy atom. The Morgan fingerprint density at radius 2 is 1.69 bits per heavy atom. The third-order valence-electron chi connectivity index (χ3n) is 5.37. The standard InChI is InChI=1S/C24H19FN2O5/c1-13-6-5-9-19(32-3)20(13)22(28)27-21-14(2)7-4-8-18(21)26(24(27)31)17-11-10-15(23(29)30)12-16(17)25/h4-12H,1-3H3,(H,29,30). The number of aromatic carboxylic acids is 1. The zero-order chi connectivity index (χ0) is 23.2. The number of carboxylic acid groups (broad SMARTS) is 1. The number of carboxylic acids is 1. The van der Waals surface area contributed by atoms with Crippen molar-refractivity contribution in [2.24, 2.45) is 0 Å². The first-order valence-electron chi connectivity index (χ1n) is 9.71. The SMILES string of the molecule is COc1cccc(C)c1C(=O)n1c(=O)n(-c2ccc(C(=O)O)cc2F)c2cccc(C)c21. The predicted octanol–water partition coefficient (Wildman–Crippen LogP) is 3.94. The number of benzene rings is 3. The molecule has 8 heteroatoms. The maximum absolute atomic E-state index is 14.9. The Bertz CT molecular complexity index is 1470. The van der Waals surface area contributed by atoms with Gasteiger partial charge >= 0.3 is 11.7 Å². The number of halogens is 1. The third-order valence-corrected chi connectivity index (χ3v) is 5.37. The number of aromatic nitrogens is 2. The van der Waals surface area contributed by atoms with Crippen molar-refractivity contribution in [3.63, 3.8) is 0 Å². The highest BCUT2D eigenvalue weighted by Crippen LogP contribution is 2.27. The number of methoxy groups -OCH3 is 1. The van der Waals surface area contributed by atoms with Crippen molar-refractivity contribution in [2.45, 2.75) is 13.8 Å². The average molecular weight is 434 g/mol. The largest absolute Gasteiger partial charge is 0.496 e. The molecule has 0 aliphatic rings. The number of imidazole rings is 1. The minimum Gasteiger partial charge on any atom is -0.496 e. The highest BCUT2D eigenvalue weighted by Gasteiger charge is 2.26. The predicted molar refractivity (Wildman–Crippen MR) is 117 cm³/mol. The van der Waals surface area contributed by atoms with Crippen molar-refractivity contribution in [2.75, 3.05) is 7.11 Å². The quantitative estimate of drug-likeness (QED) is 0.525. The van der Waals surface area contributed by atoms with Crippen LogP contribution in [0.3, 0.4) is 0 Å². The summed E-state index contributed by atoms with van der Waals surface area (Å²) in [5, 5.41) is 9.12. The number of ether oxygens (including phenoxy) is 1. The van der Waals surface area contributed by atoms with Gasteiger partial charge in [0.25, 0.3) is 5.91 Å². The van der Waals surface area contributed by atoms with E-state index in [0.29, 0.717) is 27.9 Å². The van der Waals surface area contributed by atoms with Gasteiger partial charge in [0.2, 0.25) is 0 Å².